The van der Waals surface area contributed by atoms with E-state index in [9.17, 15) is 0 Å². The van der Waals surface area contributed by atoms with Crippen LogP contribution in [0.2, 0.25) is 5.02 Å². The molecule has 1 aliphatic rings. The summed E-state index contributed by atoms with van der Waals surface area (Å²) >= 11 is 6.27. The van der Waals surface area contributed by atoms with Crippen LogP contribution in [0, 0.1) is 0 Å². The summed E-state index contributed by atoms with van der Waals surface area (Å²) in [6.45, 7) is 13.7. The molecule has 0 atom stereocenters. The van der Waals surface area contributed by atoms with Crippen LogP contribution in [0.25, 0.3) is 10.9 Å². The molecule has 0 saturated carbocycles. The van der Waals surface area contributed by atoms with Crippen molar-refractivity contribution in [3.63, 3.8) is 0 Å². The van der Waals surface area contributed by atoms with Crippen LogP contribution >= 0.6 is 11.6 Å². The van der Waals surface area contributed by atoms with Gasteiger partial charge in [-0.25, -0.2) is 0 Å². The van der Waals surface area contributed by atoms with Gasteiger partial charge >= 0.3 is 0 Å². The lowest BCUT2D eigenvalue weighted by atomic mass is 10.1. The van der Waals surface area contributed by atoms with Crippen molar-refractivity contribution in [1.82, 2.24) is 10.3 Å². The van der Waals surface area contributed by atoms with Crippen LogP contribution in [0.15, 0.2) is 47.1 Å². The Morgan fingerprint density at radius 2 is 2.08 bits per heavy atom. The molecule has 2 aromatic rings. The Morgan fingerprint density at radius 1 is 1.33 bits per heavy atom. The van der Waals surface area contributed by atoms with Gasteiger partial charge in [-0.2, -0.15) is 0 Å². The van der Waals surface area contributed by atoms with Crippen molar-refractivity contribution in [1.29, 1.82) is 0 Å². The van der Waals surface area contributed by atoms with E-state index in [4.69, 9.17) is 11.6 Å². The van der Waals surface area contributed by atoms with E-state index in [0.29, 0.717) is 6.54 Å². The first-order valence-electron chi connectivity index (χ1n) is 8.51. The van der Waals surface area contributed by atoms with Crippen LogP contribution in [0.3, 0.4) is 0 Å². The molecule has 0 radical (unpaired) electrons. The highest BCUT2D eigenvalue weighted by molar-refractivity contribution is 6.32. The minimum Gasteiger partial charge on any atom is -0.378 e. The van der Waals surface area contributed by atoms with Gasteiger partial charge in [0.15, 0.2) is 0 Å². The predicted molar refractivity (Wildman–Crippen MR) is 106 cm³/mol. The number of nitrogens with one attached hydrogen (secondary N) is 2. The van der Waals surface area contributed by atoms with Crippen LogP contribution in [0.1, 0.15) is 39.0 Å². The zero-order valence-corrected chi connectivity index (χ0v) is 15.7. The molecule has 4 heteroatoms. The number of aliphatic imine (C=N–C) groups is 1. The maximum Gasteiger partial charge on any atom is 0.0803 e. The number of hydrogen-bond acceptors (Lipinski definition) is 2. The van der Waals surface area contributed by atoms with Crippen molar-refractivity contribution in [3.05, 3.63) is 58.4 Å². The first kappa shape index (κ1) is 18.3. The molecule has 128 valence electrons. The zero-order chi connectivity index (χ0) is 17.7. The lowest BCUT2D eigenvalue weighted by molar-refractivity contribution is 0.827. The molecular formula is C20H26ClN3. The molecular weight excluding hydrogens is 318 g/mol. The summed E-state index contributed by atoms with van der Waals surface area (Å²) < 4.78 is 0. The number of aryl methyl sites for hydroxylation is 1. The largest absolute Gasteiger partial charge is 0.378 e. The average Bonchev–Trinajstić information content (AvgIpc) is 3.19. The van der Waals surface area contributed by atoms with Gasteiger partial charge in [0.2, 0.25) is 0 Å². The fraction of sp³-hybridized carbons (Fsp3) is 0.350. The van der Waals surface area contributed by atoms with E-state index in [1.165, 1.54) is 11.1 Å². The summed E-state index contributed by atoms with van der Waals surface area (Å²) in [5.74, 6) is 0. The summed E-state index contributed by atoms with van der Waals surface area (Å²) in [6, 6.07) is 6.28. The van der Waals surface area contributed by atoms with E-state index in [0.717, 1.165) is 46.0 Å². The van der Waals surface area contributed by atoms with E-state index in [1.807, 2.05) is 19.9 Å². The lowest BCUT2D eigenvalue weighted by Gasteiger charge is -2.06. The molecule has 1 aliphatic heterocycles. The number of rotatable bonds is 5. The molecule has 1 aromatic carbocycles. The topological polar surface area (TPSA) is 40.2 Å². The number of allylic oxidation sites excluding steroid dienone is 1. The average molecular weight is 344 g/mol. The van der Waals surface area contributed by atoms with Crippen LogP contribution in [-0.4, -0.2) is 17.2 Å². The molecule has 3 nitrogen and oxygen atoms in total. The molecule has 3 rings (SSSR count). The Morgan fingerprint density at radius 3 is 2.71 bits per heavy atom. The highest BCUT2D eigenvalue weighted by Crippen LogP contribution is 2.25. The Labute approximate surface area is 149 Å². The molecule has 0 unspecified atom stereocenters. The third-order valence-corrected chi connectivity index (χ3v) is 4.26. The standard InChI is InChI=1S/C18H20ClN3.C2H6/c1-4-13-8-18-14(7-16(13)19)6-15(22-18)10-20-12(3)17-5-11(2)9-21-17;1-2/h5-8,20,22H,3-4,9-10H2,1-2H3;1-2H3. The van der Waals surface area contributed by atoms with E-state index in [2.05, 4.69) is 53.9 Å². The number of nitrogens with zero attached hydrogens (tertiary/aromatic N) is 1. The van der Waals surface area contributed by atoms with Crippen LogP contribution in [0.4, 0.5) is 0 Å². The van der Waals surface area contributed by atoms with Crippen molar-refractivity contribution >= 4 is 28.2 Å². The Kier molecular flexibility index (Phi) is 6.27. The third-order valence-electron chi connectivity index (χ3n) is 3.91. The number of benzene rings is 1. The lowest BCUT2D eigenvalue weighted by Crippen LogP contribution is -2.17. The second-order valence-corrected chi connectivity index (χ2v) is 6.11. The molecule has 0 bridgehead atoms. The van der Waals surface area contributed by atoms with Gasteiger partial charge in [0.1, 0.15) is 0 Å². The van der Waals surface area contributed by atoms with Crippen molar-refractivity contribution in [2.24, 2.45) is 4.99 Å². The quantitative estimate of drug-likeness (QED) is 0.748. The van der Waals surface area contributed by atoms with Gasteiger partial charge in [0, 0.05) is 21.6 Å². The van der Waals surface area contributed by atoms with Gasteiger partial charge in [-0.3, -0.25) is 4.99 Å². The molecule has 0 aliphatic carbocycles. The number of aromatic nitrogens is 1. The van der Waals surface area contributed by atoms with Gasteiger partial charge in [-0.1, -0.05) is 39.0 Å². The Hall–Kier alpha value is -2.00. The van der Waals surface area contributed by atoms with Crippen molar-refractivity contribution < 1.29 is 0 Å². The van der Waals surface area contributed by atoms with E-state index >= 15 is 0 Å². The van der Waals surface area contributed by atoms with Crippen molar-refractivity contribution in [2.45, 2.75) is 40.7 Å². The first-order valence-corrected chi connectivity index (χ1v) is 8.89. The molecule has 2 N–H and O–H groups in total. The van der Waals surface area contributed by atoms with Gasteiger partial charge in [0.25, 0.3) is 0 Å². The van der Waals surface area contributed by atoms with Gasteiger partial charge in [0.05, 0.1) is 24.5 Å². The van der Waals surface area contributed by atoms with Gasteiger partial charge < -0.3 is 10.3 Å². The molecule has 24 heavy (non-hydrogen) atoms. The van der Waals surface area contributed by atoms with Gasteiger partial charge in [-0.15, -0.1) is 0 Å². The number of fused-ring (bicyclic) bond motifs is 1. The first-order chi connectivity index (χ1) is 11.6. The SMILES string of the molecule is C=C(NCc1cc2cc(Cl)c(CC)cc2[nH]1)C1=NCC(C)=C1.CC. The number of hydrogen-bond donors (Lipinski definition) is 2. The molecule has 1 aromatic heterocycles. The Bertz CT molecular complexity index is 797. The van der Waals surface area contributed by atoms with Crippen LogP contribution in [-0.2, 0) is 13.0 Å². The molecule has 0 saturated heterocycles. The maximum absolute atomic E-state index is 6.27. The summed E-state index contributed by atoms with van der Waals surface area (Å²) in [4.78, 5) is 7.88. The molecule has 0 fully saturated rings. The highest BCUT2D eigenvalue weighted by atomic mass is 35.5. The van der Waals surface area contributed by atoms with Crippen molar-refractivity contribution in [3.8, 4) is 0 Å². The minimum atomic E-state index is 0.693. The number of H-pyrrole nitrogens is 1. The molecule has 0 amide bonds. The highest BCUT2D eigenvalue weighted by Gasteiger charge is 2.09. The number of halogens is 1. The fourth-order valence-electron chi connectivity index (χ4n) is 2.63. The molecule has 0 spiro atoms. The second-order valence-electron chi connectivity index (χ2n) is 5.70. The Balaban J connectivity index is 0.00000100. The summed E-state index contributed by atoms with van der Waals surface area (Å²) in [6.07, 6.45) is 3.01. The van der Waals surface area contributed by atoms with Crippen LogP contribution < -0.4 is 5.32 Å². The van der Waals surface area contributed by atoms with Gasteiger partial charge in [-0.05, 0) is 48.8 Å². The van der Waals surface area contributed by atoms with Crippen LogP contribution in [0.5, 0.6) is 0 Å². The minimum absolute atomic E-state index is 0.693. The molecule has 2 heterocycles. The maximum atomic E-state index is 6.27. The predicted octanol–water partition coefficient (Wildman–Crippen LogP) is 5.41. The number of aromatic amines is 1. The summed E-state index contributed by atoms with van der Waals surface area (Å²) in [7, 11) is 0. The fourth-order valence-corrected chi connectivity index (χ4v) is 2.94. The smallest absolute Gasteiger partial charge is 0.0803 e. The van der Waals surface area contributed by atoms with Crippen molar-refractivity contribution in [2.75, 3.05) is 6.54 Å². The van der Waals surface area contributed by atoms with E-state index < -0.39 is 0 Å². The summed E-state index contributed by atoms with van der Waals surface area (Å²) in [5.41, 5.74) is 6.48. The normalized spacial score (nSPS) is 13.2. The third kappa shape index (κ3) is 4.09. The van der Waals surface area contributed by atoms with E-state index in [1.54, 1.807) is 0 Å². The summed E-state index contributed by atoms with van der Waals surface area (Å²) in [5, 5.41) is 5.30. The zero-order valence-electron chi connectivity index (χ0n) is 15.0. The second kappa shape index (κ2) is 8.20. The monoisotopic (exact) mass is 343 g/mol. The van der Waals surface area contributed by atoms with E-state index in [-0.39, 0.29) is 0 Å².